The lowest BCUT2D eigenvalue weighted by atomic mass is 10.1. The first kappa shape index (κ1) is 11.4. The number of carbonyl (C=O) groups excluding carboxylic acids is 1. The number of hydrogen-bond donors (Lipinski definition) is 1. The molecular weight excluding hydrogens is 222 g/mol. The summed E-state index contributed by atoms with van der Waals surface area (Å²) in [5.41, 5.74) is 2.15. The lowest BCUT2D eigenvalue weighted by Crippen LogP contribution is -2.24. The van der Waals surface area contributed by atoms with Crippen LogP contribution in [0.15, 0.2) is 12.1 Å². The Balaban J connectivity index is 3.57. The van der Waals surface area contributed by atoms with Crippen LogP contribution in [0.2, 0.25) is 0 Å². The van der Waals surface area contributed by atoms with Gasteiger partial charge in [-0.3, -0.25) is 20.2 Å². The number of nitrogens with zero attached hydrogens (tertiary/aromatic N) is 2. The van der Waals surface area contributed by atoms with Gasteiger partial charge in [-0.1, -0.05) is 0 Å². The zero-order valence-electron chi connectivity index (χ0n) is 7.58. The van der Waals surface area contributed by atoms with Gasteiger partial charge >= 0.3 is 0 Å². The van der Waals surface area contributed by atoms with Crippen LogP contribution in [0.3, 0.4) is 0 Å². The predicted octanol–water partition coefficient (Wildman–Crippen LogP) is -0.551. The van der Waals surface area contributed by atoms with Crippen LogP contribution in [-0.2, 0) is 0 Å². The normalized spacial score (nSPS) is 9.75. The van der Waals surface area contributed by atoms with E-state index in [1.54, 1.807) is 0 Å². The monoisotopic (exact) mass is 226 g/mol. The summed E-state index contributed by atoms with van der Waals surface area (Å²) in [6.45, 7) is 0. The molecule has 0 amide bonds. The molecular formula is C7H4N3O6-. The molecule has 0 heterocycles. The molecule has 1 rings (SSSR count). The van der Waals surface area contributed by atoms with E-state index in [0.29, 0.717) is 12.1 Å². The fourth-order valence-electron chi connectivity index (χ4n) is 1.05. The van der Waals surface area contributed by atoms with Crippen molar-refractivity contribution in [1.82, 2.24) is 0 Å². The number of nitro groups is 2. The number of aromatic carboxylic acids is 1. The number of carboxylic acid groups (broad SMARTS) is 1. The standard InChI is InChI=1S/C7H5N3O6/c8-6-4(7(11)12)1-3(9(13)14)2-5(6)10(15)16/h1-2H,8H2,(H,11,12)/p-1. The maximum Gasteiger partial charge on any atom is 0.299 e. The molecule has 1 aromatic carbocycles. The van der Waals surface area contributed by atoms with Gasteiger partial charge in [-0.15, -0.1) is 0 Å². The molecule has 0 spiro atoms. The maximum atomic E-state index is 10.5. The van der Waals surface area contributed by atoms with Crippen molar-refractivity contribution in [3.05, 3.63) is 37.9 Å². The average Bonchev–Trinajstić information content (AvgIpc) is 2.16. The van der Waals surface area contributed by atoms with Crippen molar-refractivity contribution in [2.24, 2.45) is 0 Å². The van der Waals surface area contributed by atoms with Gasteiger partial charge in [0.15, 0.2) is 0 Å². The SMILES string of the molecule is Nc1c(C(=O)[O-])cc([N+](=O)[O-])cc1[N+](=O)[O-]. The second kappa shape index (κ2) is 3.81. The molecule has 9 nitrogen and oxygen atoms in total. The Morgan fingerprint density at radius 3 is 2.12 bits per heavy atom. The topological polar surface area (TPSA) is 152 Å². The van der Waals surface area contributed by atoms with Gasteiger partial charge in [0.05, 0.1) is 21.9 Å². The van der Waals surface area contributed by atoms with Crippen molar-refractivity contribution >= 4 is 23.0 Å². The zero-order chi connectivity index (χ0) is 12.5. The van der Waals surface area contributed by atoms with Crippen molar-refractivity contribution in [3.63, 3.8) is 0 Å². The van der Waals surface area contributed by atoms with E-state index < -0.39 is 38.4 Å². The number of nitro benzene ring substituents is 2. The van der Waals surface area contributed by atoms with Crippen LogP contribution in [-0.4, -0.2) is 15.8 Å². The van der Waals surface area contributed by atoms with Crippen LogP contribution in [0.25, 0.3) is 0 Å². The van der Waals surface area contributed by atoms with E-state index in [0.717, 1.165) is 0 Å². The highest BCUT2D eigenvalue weighted by atomic mass is 16.6. The number of nitrogens with two attached hydrogens (primary N) is 1. The number of nitrogen functional groups attached to an aromatic ring is 1. The number of non-ortho nitro benzene ring substituents is 1. The first-order valence-corrected chi connectivity index (χ1v) is 3.78. The van der Waals surface area contributed by atoms with Gasteiger partial charge < -0.3 is 15.6 Å². The molecule has 0 radical (unpaired) electrons. The predicted molar refractivity (Wildman–Crippen MR) is 48.5 cm³/mol. The van der Waals surface area contributed by atoms with E-state index >= 15 is 0 Å². The summed E-state index contributed by atoms with van der Waals surface area (Å²) in [6.07, 6.45) is 0. The highest BCUT2D eigenvalue weighted by Crippen LogP contribution is 2.30. The minimum atomic E-state index is -1.82. The van der Waals surface area contributed by atoms with Crippen LogP contribution in [0.4, 0.5) is 17.1 Å². The van der Waals surface area contributed by atoms with E-state index in [4.69, 9.17) is 5.73 Å². The van der Waals surface area contributed by atoms with Crippen molar-refractivity contribution in [3.8, 4) is 0 Å². The molecule has 84 valence electrons. The van der Waals surface area contributed by atoms with Crippen molar-refractivity contribution in [2.45, 2.75) is 0 Å². The molecule has 0 aliphatic rings. The Bertz CT molecular complexity index is 462. The molecule has 0 bridgehead atoms. The summed E-state index contributed by atoms with van der Waals surface area (Å²) in [5, 5.41) is 31.4. The fourth-order valence-corrected chi connectivity index (χ4v) is 1.05. The summed E-state index contributed by atoms with van der Waals surface area (Å²) in [7, 11) is 0. The third-order valence-corrected chi connectivity index (χ3v) is 1.77. The first-order chi connectivity index (χ1) is 7.34. The van der Waals surface area contributed by atoms with Gasteiger partial charge in [0.2, 0.25) is 0 Å². The van der Waals surface area contributed by atoms with Gasteiger partial charge in [-0.2, -0.15) is 0 Å². The zero-order valence-corrected chi connectivity index (χ0v) is 7.58. The Kier molecular flexibility index (Phi) is 2.70. The molecule has 2 N–H and O–H groups in total. The molecule has 0 fully saturated rings. The molecule has 16 heavy (non-hydrogen) atoms. The van der Waals surface area contributed by atoms with Gasteiger partial charge in [0.1, 0.15) is 5.69 Å². The van der Waals surface area contributed by atoms with Gasteiger partial charge in [-0.05, 0) is 0 Å². The number of carbonyl (C=O) groups is 1. The summed E-state index contributed by atoms with van der Waals surface area (Å²) in [4.78, 5) is 29.4. The van der Waals surface area contributed by atoms with E-state index in [9.17, 15) is 30.1 Å². The molecule has 1 aromatic rings. The highest BCUT2D eigenvalue weighted by Gasteiger charge is 2.22. The van der Waals surface area contributed by atoms with E-state index in [2.05, 4.69) is 0 Å². The second-order valence-electron chi connectivity index (χ2n) is 2.73. The molecule has 0 aliphatic heterocycles. The minimum Gasteiger partial charge on any atom is -0.545 e. The number of anilines is 1. The molecule has 0 saturated carbocycles. The summed E-state index contributed by atoms with van der Waals surface area (Å²) in [6, 6.07) is 1.19. The van der Waals surface area contributed by atoms with Crippen molar-refractivity contribution < 1.29 is 19.7 Å². The van der Waals surface area contributed by atoms with Crippen LogP contribution < -0.4 is 10.8 Å². The minimum absolute atomic E-state index is 0.585. The fraction of sp³-hybridized carbons (Fsp3) is 0. The maximum absolute atomic E-state index is 10.5. The molecule has 0 aliphatic carbocycles. The average molecular weight is 226 g/mol. The van der Waals surface area contributed by atoms with E-state index in [1.165, 1.54) is 0 Å². The van der Waals surface area contributed by atoms with Gasteiger partial charge in [-0.25, -0.2) is 0 Å². The molecule has 0 saturated heterocycles. The summed E-state index contributed by atoms with van der Waals surface area (Å²) < 4.78 is 0. The van der Waals surface area contributed by atoms with E-state index in [-0.39, 0.29) is 0 Å². The molecule has 0 unspecified atom stereocenters. The third kappa shape index (κ3) is 1.87. The Morgan fingerprint density at radius 1 is 1.19 bits per heavy atom. The molecule has 9 heteroatoms. The van der Waals surface area contributed by atoms with E-state index in [1.807, 2.05) is 0 Å². The Labute approximate surface area is 87.4 Å². The second-order valence-corrected chi connectivity index (χ2v) is 2.73. The molecule has 0 aromatic heterocycles. The van der Waals surface area contributed by atoms with Crippen LogP contribution in [0, 0.1) is 20.2 Å². The van der Waals surface area contributed by atoms with Crippen molar-refractivity contribution in [2.75, 3.05) is 5.73 Å². The lowest BCUT2D eigenvalue weighted by molar-refractivity contribution is -0.393. The third-order valence-electron chi connectivity index (χ3n) is 1.77. The van der Waals surface area contributed by atoms with Gasteiger partial charge in [0, 0.05) is 11.6 Å². The smallest absolute Gasteiger partial charge is 0.299 e. The van der Waals surface area contributed by atoms with Crippen molar-refractivity contribution in [1.29, 1.82) is 0 Å². The number of hydrogen-bond acceptors (Lipinski definition) is 7. The van der Waals surface area contributed by atoms with Crippen LogP contribution in [0.5, 0.6) is 0 Å². The largest absolute Gasteiger partial charge is 0.545 e. The first-order valence-electron chi connectivity index (χ1n) is 3.78. The summed E-state index contributed by atoms with van der Waals surface area (Å²) >= 11 is 0. The van der Waals surface area contributed by atoms with Gasteiger partial charge in [0.25, 0.3) is 11.4 Å². The Hall–Kier alpha value is -2.71. The summed E-state index contributed by atoms with van der Waals surface area (Å²) in [5.74, 6) is -1.82. The number of benzene rings is 1. The Morgan fingerprint density at radius 2 is 1.75 bits per heavy atom. The lowest BCUT2D eigenvalue weighted by Gasteiger charge is -2.06. The number of rotatable bonds is 3. The van der Waals surface area contributed by atoms with Crippen LogP contribution >= 0.6 is 0 Å². The quantitative estimate of drug-likeness (QED) is 0.412. The number of carboxylic acids is 1. The van der Waals surface area contributed by atoms with Crippen LogP contribution in [0.1, 0.15) is 10.4 Å². The highest BCUT2D eigenvalue weighted by molar-refractivity contribution is 5.95. The molecule has 0 atom stereocenters.